The number of nitrogens with one attached hydrogen (secondary N) is 3. The molecule has 0 spiro atoms. The van der Waals surface area contributed by atoms with Gasteiger partial charge >= 0.3 is 0 Å². The highest BCUT2D eigenvalue weighted by atomic mass is 79.9. The average molecular weight is 567 g/mol. The van der Waals surface area contributed by atoms with Crippen LogP contribution in [-0.2, 0) is 6.42 Å². The fourth-order valence-corrected chi connectivity index (χ4v) is 4.75. The van der Waals surface area contributed by atoms with Gasteiger partial charge in [-0.05, 0) is 54.4 Å². The Balaban J connectivity index is 1.42. The first-order valence-corrected chi connectivity index (χ1v) is 13.4. The third-order valence-electron chi connectivity index (χ3n) is 6.28. The van der Waals surface area contributed by atoms with Crippen LogP contribution in [0.15, 0.2) is 83.5 Å². The number of nitrogens with two attached hydrogens (primary N) is 1. The van der Waals surface area contributed by atoms with Gasteiger partial charge in [-0.1, -0.05) is 58.1 Å². The number of nitrogens with zero attached hydrogens (tertiary/aromatic N) is 1. The van der Waals surface area contributed by atoms with E-state index in [0.29, 0.717) is 25.2 Å². The Morgan fingerprint density at radius 1 is 1.00 bits per heavy atom. The number of benzene rings is 3. The number of carbonyl (C=O) groups is 1. The Bertz CT molecular complexity index is 1650. The van der Waals surface area contributed by atoms with Crippen molar-refractivity contribution in [3.8, 4) is 23.1 Å². The number of hydrogen-bond donors (Lipinski definition) is 4. The fraction of sp³-hybridized carbons (Fsp3) is 0.161. The number of halogens is 1. The molecule has 3 aromatic carbocycles. The number of H-pyrrole nitrogens is 1. The molecule has 5 aromatic rings. The Labute approximate surface area is 230 Å². The Morgan fingerprint density at radius 3 is 2.71 bits per heavy atom. The van der Waals surface area contributed by atoms with Crippen molar-refractivity contribution in [3.63, 3.8) is 0 Å². The smallest absolute Gasteiger partial charge is 0.252 e. The van der Waals surface area contributed by atoms with Gasteiger partial charge in [-0.25, -0.2) is 4.98 Å². The summed E-state index contributed by atoms with van der Waals surface area (Å²) in [5.41, 5.74) is 11.7. The number of hydrogen-bond acceptors (Lipinski definition) is 4. The number of rotatable bonds is 8. The minimum absolute atomic E-state index is 0.183. The predicted octanol–water partition coefficient (Wildman–Crippen LogP) is 5.02. The lowest BCUT2D eigenvalue weighted by molar-refractivity contribution is 0.0956. The van der Waals surface area contributed by atoms with Crippen molar-refractivity contribution in [2.24, 2.45) is 5.73 Å². The normalized spacial score (nSPS) is 10.9. The fourth-order valence-electron chi connectivity index (χ4n) is 4.39. The monoisotopic (exact) mass is 565 g/mol. The summed E-state index contributed by atoms with van der Waals surface area (Å²) in [6.07, 6.45) is 2.89. The van der Waals surface area contributed by atoms with E-state index in [0.717, 1.165) is 56.1 Å². The molecule has 2 heterocycles. The Hall–Kier alpha value is -3.96. The molecule has 7 heteroatoms. The van der Waals surface area contributed by atoms with E-state index in [4.69, 9.17) is 10.7 Å². The highest BCUT2D eigenvalue weighted by Gasteiger charge is 2.16. The van der Waals surface area contributed by atoms with Crippen LogP contribution in [0.1, 0.15) is 21.5 Å². The molecular weight excluding hydrogens is 538 g/mol. The van der Waals surface area contributed by atoms with Crippen molar-refractivity contribution in [1.82, 2.24) is 20.6 Å². The topological polar surface area (TPSA) is 95.8 Å². The summed E-state index contributed by atoms with van der Waals surface area (Å²) in [5, 5.41) is 8.06. The standard InChI is InChI=1S/C31H28BrN5O/c32-23-9-11-28-25(18-23)27(20-36-28)30-19-26(31(38)35-16-13-33)24-17-22(8-10-29(24)37-30)7-4-14-34-15-12-21-5-2-1-3-6-21/h1-3,5-6,8-11,17-20,34,36H,12-16,33H2,(H,35,38). The van der Waals surface area contributed by atoms with E-state index in [1.54, 1.807) is 0 Å². The Morgan fingerprint density at radius 2 is 1.87 bits per heavy atom. The molecule has 0 saturated heterocycles. The molecule has 5 N–H and O–H groups in total. The maximum absolute atomic E-state index is 13.2. The van der Waals surface area contributed by atoms with Crippen molar-refractivity contribution < 1.29 is 4.79 Å². The molecule has 0 saturated carbocycles. The minimum atomic E-state index is -0.183. The zero-order chi connectivity index (χ0) is 26.3. The van der Waals surface area contributed by atoms with E-state index in [1.807, 2.05) is 54.7 Å². The molecule has 0 aliphatic rings. The summed E-state index contributed by atoms with van der Waals surface area (Å²) in [7, 11) is 0. The first-order chi connectivity index (χ1) is 18.6. The number of aromatic amines is 1. The van der Waals surface area contributed by atoms with E-state index < -0.39 is 0 Å². The van der Waals surface area contributed by atoms with E-state index in [2.05, 4.69) is 67.7 Å². The second-order valence-electron chi connectivity index (χ2n) is 8.94. The zero-order valence-electron chi connectivity index (χ0n) is 20.9. The van der Waals surface area contributed by atoms with Crippen LogP contribution in [0, 0.1) is 11.8 Å². The SMILES string of the molecule is NCCNC(=O)c1cc(-c2c[nH]c3ccc(Br)cc23)nc2ccc(C#CCNCCc3ccccc3)cc12. The first kappa shape index (κ1) is 25.7. The van der Waals surface area contributed by atoms with Gasteiger partial charge in [0.2, 0.25) is 0 Å². The molecule has 2 aromatic heterocycles. The number of fused-ring (bicyclic) bond motifs is 2. The summed E-state index contributed by atoms with van der Waals surface area (Å²) in [4.78, 5) is 21.4. The zero-order valence-corrected chi connectivity index (χ0v) is 22.4. The lowest BCUT2D eigenvalue weighted by Gasteiger charge is -2.10. The largest absolute Gasteiger partial charge is 0.360 e. The summed E-state index contributed by atoms with van der Waals surface area (Å²) >= 11 is 3.56. The van der Waals surface area contributed by atoms with Crippen LogP contribution in [0.2, 0.25) is 0 Å². The molecule has 0 fully saturated rings. The Kier molecular flexibility index (Phi) is 8.15. The lowest BCUT2D eigenvalue weighted by atomic mass is 10.0. The maximum atomic E-state index is 13.2. The third-order valence-corrected chi connectivity index (χ3v) is 6.78. The quantitative estimate of drug-likeness (QED) is 0.157. The van der Waals surface area contributed by atoms with E-state index in [-0.39, 0.29) is 5.91 Å². The van der Waals surface area contributed by atoms with Crippen molar-refractivity contribution in [3.05, 3.63) is 100 Å². The predicted molar refractivity (Wildman–Crippen MR) is 158 cm³/mol. The molecule has 0 unspecified atom stereocenters. The molecule has 5 rings (SSSR count). The molecule has 1 amide bonds. The van der Waals surface area contributed by atoms with Crippen LogP contribution in [0.5, 0.6) is 0 Å². The number of carbonyl (C=O) groups excluding carboxylic acids is 1. The molecule has 0 aliphatic carbocycles. The van der Waals surface area contributed by atoms with Gasteiger partial charge < -0.3 is 21.4 Å². The highest BCUT2D eigenvalue weighted by molar-refractivity contribution is 9.10. The van der Waals surface area contributed by atoms with Gasteiger partial charge in [-0.15, -0.1) is 0 Å². The van der Waals surface area contributed by atoms with Crippen molar-refractivity contribution in [1.29, 1.82) is 0 Å². The van der Waals surface area contributed by atoms with Crippen molar-refractivity contribution >= 4 is 43.6 Å². The molecule has 190 valence electrons. The molecule has 0 atom stereocenters. The first-order valence-electron chi connectivity index (χ1n) is 12.6. The van der Waals surface area contributed by atoms with Crippen molar-refractivity contribution in [2.75, 3.05) is 26.2 Å². The maximum Gasteiger partial charge on any atom is 0.252 e. The van der Waals surface area contributed by atoms with Gasteiger partial charge in [0.1, 0.15) is 0 Å². The van der Waals surface area contributed by atoms with Gasteiger partial charge in [0.15, 0.2) is 0 Å². The highest BCUT2D eigenvalue weighted by Crippen LogP contribution is 2.32. The van der Waals surface area contributed by atoms with Gasteiger partial charge in [0, 0.05) is 57.7 Å². The summed E-state index contributed by atoms with van der Waals surface area (Å²) < 4.78 is 0.977. The molecule has 38 heavy (non-hydrogen) atoms. The van der Waals surface area contributed by atoms with Gasteiger partial charge in [0.25, 0.3) is 5.91 Å². The second-order valence-corrected chi connectivity index (χ2v) is 9.85. The summed E-state index contributed by atoms with van der Waals surface area (Å²) in [6, 6.07) is 24.1. The van der Waals surface area contributed by atoms with Crippen LogP contribution >= 0.6 is 15.9 Å². The second kappa shape index (κ2) is 12.1. The molecule has 0 aliphatic heterocycles. The van der Waals surface area contributed by atoms with Crippen LogP contribution in [0.4, 0.5) is 0 Å². The van der Waals surface area contributed by atoms with Gasteiger partial charge in [0.05, 0.1) is 23.3 Å². The van der Waals surface area contributed by atoms with Gasteiger partial charge in [-0.3, -0.25) is 4.79 Å². The van der Waals surface area contributed by atoms with E-state index in [9.17, 15) is 4.79 Å². The number of amides is 1. The summed E-state index contributed by atoms with van der Waals surface area (Å²) in [6.45, 7) is 2.21. The lowest BCUT2D eigenvalue weighted by Crippen LogP contribution is -2.29. The molecule has 0 bridgehead atoms. The molecule has 0 radical (unpaired) electrons. The molecular formula is C31H28BrN5O. The van der Waals surface area contributed by atoms with Crippen LogP contribution < -0.4 is 16.4 Å². The third kappa shape index (κ3) is 5.95. The van der Waals surface area contributed by atoms with Crippen LogP contribution in [-0.4, -0.2) is 42.1 Å². The van der Waals surface area contributed by atoms with Gasteiger partial charge in [-0.2, -0.15) is 0 Å². The molecule has 6 nitrogen and oxygen atoms in total. The summed E-state index contributed by atoms with van der Waals surface area (Å²) in [5.74, 6) is 6.22. The average Bonchev–Trinajstić information content (AvgIpc) is 3.36. The van der Waals surface area contributed by atoms with Crippen LogP contribution in [0.3, 0.4) is 0 Å². The van der Waals surface area contributed by atoms with Crippen molar-refractivity contribution in [2.45, 2.75) is 6.42 Å². The van der Waals surface area contributed by atoms with E-state index >= 15 is 0 Å². The minimum Gasteiger partial charge on any atom is -0.360 e. The van der Waals surface area contributed by atoms with Crippen LogP contribution in [0.25, 0.3) is 33.1 Å². The van der Waals surface area contributed by atoms with E-state index in [1.165, 1.54) is 5.56 Å². The number of aromatic nitrogens is 2. The number of pyridine rings is 1.